The average Bonchev–Trinajstić information content (AvgIpc) is 2.88. The van der Waals surface area contributed by atoms with Gasteiger partial charge in [-0.05, 0) is 39.3 Å². The first-order chi connectivity index (χ1) is 9.02. The molecule has 2 aromatic rings. The van der Waals surface area contributed by atoms with Crippen LogP contribution in [-0.2, 0) is 20.5 Å². The number of hydrogen-bond donors (Lipinski definition) is 1. The summed E-state index contributed by atoms with van der Waals surface area (Å²) in [5.74, 6) is 0. The summed E-state index contributed by atoms with van der Waals surface area (Å²) in [6.45, 7) is 4.21. The molecule has 19 heavy (non-hydrogen) atoms. The zero-order valence-electron chi connectivity index (χ0n) is 12.4. The van der Waals surface area contributed by atoms with Gasteiger partial charge in [0.1, 0.15) is 0 Å². The van der Waals surface area contributed by atoms with Gasteiger partial charge < -0.3 is 5.32 Å². The third kappa shape index (κ3) is 2.87. The number of hydrogen-bond acceptors (Lipinski definition) is 3. The molecular formula is C14H23N5. The van der Waals surface area contributed by atoms with Crippen LogP contribution in [0.1, 0.15) is 35.0 Å². The second kappa shape index (κ2) is 5.57. The summed E-state index contributed by atoms with van der Waals surface area (Å²) in [5.41, 5.74) is 4.96. The Morgan fingerprint density at radius 1 is 1.32 bits per heavy atom. The second-order valence-electron chi connectivity index (χ2n) is 5.11. The molecule has 0 aliphatic carbocycles. The van der Waals surface area contributed by atoms with Gasteiger partial charge in [0, 0.05) is 37.6 Å². The summed E-state index contributed by atoms with van der Waals surface area (Å²) >= 11 is 0. The van der Waals surface area contributed by atoms with Crippen LogP contribution < -0.4 is 5.32 Å². The van der Waals surface area contributed by atoms with Crippen molar-refractivity contribution in [1.82, 2.24) is 24.9 Å². The first-order valence-corrected chi connectivity index (χ1v) is 6.67. The van der Waals surface area contributed by atoms with E-state index in [1.807, 2.05) is 36.7 Å². The maximum absolute atomic E-state index is 4.50. The zero-order chi connectivity index (χ0) is 14.0. The molecule has 0 amide bonds. The van der Waals surface area contributed by atoms with Gasteiger partial charge in [0.15, 0.2) is 0 Å². The molecule has 5 nitrogen and oxygen atoms in total. The highest BCUT2D eigenvalue weighted by atomic mass is 15.3. The monoisotopic (exact) mass is 261 g/mol. The third-order valence-electron chi connectivity index (χ3n) is 3.74. The average molecular weight is 261 g/mol. The highest BCUT2D eigenvalue weighted by Gasteiger charge is 2.18. The van der Waals surface area contributed by atoms with Crippen molar-refractivity contribution in [2.45, 2.75) is 32.7 Å². The molecule has 0 aromatic carbocycles. The lowest BCUT2D eigenvalue weighted by Crippen LogP contribution is -2.18. The number of rotatable bonds is 5. The summed E-state index contributed by atoms with van der Waals surface area (Å²) in [5, 5.41) is 12.1. The van der Waals surface area contributed by atoms with Gasteiger partial charge in [0.05, 0.1) is 11.9 Å². The standard InChI is InChI=1S/C14H23N5/c1-10-14(11(2)19(5)17-10)13(15-3)7-6-12-8-16-18(4)9-12/h8-9,13,15H,6-7H2,1-5H3. The minimum atomic E-state index is 0.342. The Hall–Kier alpha value is -1.62. The molecule has 0 aliphatic heterocycles. The predicted octanol–water partition coefficient (Wildman–Crippen LogP) is 1.66. The van der Waals surface area contributed by atoms with Crippen LogP contribution in [0.5, 0.6) is 0 Å². The van der Waals surface area contributed by atoms with Crippen LogP contribution in [0.15, 0.2) is 12.4 Å². The maximum atomic E-state index is 4.50. The van der Waals surface area contributed by atoms with Gasteiger partial charge in [-0.15, -0.1) is 0 Å². The Labute approximate surface area is 114 Å². The molecule has 2 heterocycles. The first kappa shape index (κ1) is 13.8. The van der Waals surface area contributed by atoms with E-state index >= 15 is 0 Å². The largest absolute Gasteiger partial charge is 0.313 e. The Morgan fingerprint density at radius 2 is 2.05 bits per heavy atom. The normalized spacial score (nSPS) is 12.9. The van der Waals surface area contributed by atoms with Crippen LogP contribution >= 0.6 is 0 Å². The molecule has 5 heteroatoms. The Balaban J connectivity index is 2.12. The van der Waals surface area contributed by atoms with Gasteiger partial charge in [-0.3, -0.25) is 9.36 Å². The molecule has 0 spiro atoms. The van der Waals surface area contributed by atoms with Crippen LogP contribution in [0.25, 0.3) is 0 Å². The molecule has 2 aromatic heterocycles. The van der Waals surface area contributed by atoms with Gasteiger partial charge in [-0.1, -0.05) is 0 Å². The number of nitrogens with zero attached hydrogens (tertiary/aromatic N) is 4. The summed E-state index contributed by atoms with van der Waals surface area (Å²) in [6.07, 6.45) is 6.09. The molecule has 1 N–H and O–H groups in total. The third-order valence-corrected chi connectivity index (χ3v) is 3.74. The minimum absolute atomic E-state index is 0.342. The van der Waals surface area contributed by atoms with Crippen molar-refractivity contribution in [3.8, 4) is 0 Å². The van der Waals surface area contributed by atoms with Crippen molar-refractivity contribution in [1.29, 1.82) is 0 Å². The first-order valence-electron chi connectivity index (χ1n) is 6.67. The Bertz CT molecular complexity index is 552. The topological polar surface area (TPSA) is 47.7 Å². The van der Waals surface area contributed by atoms with Crippen molar-refractivity contribution in [3.05, 3.63) is 34.9 Å². The van der Waals surface area contributed by atoms with Crippen molar-refractivity contribution < 1.29 is 0 Å². The van der Waals surface area contributed by atoms with Crippen molar-refractivity contribution in [2.24, 2.45) is 14.1 Å². The van der Waals surface area contributed by atoms with Crippen LogP contribution in [0.4, 0.5) is 0 Å². The molecule has 0 fully saturated rings. The van der Waals surface area contributed by atoms with Crippen LogP contribution in [0, 0.1) is 13.8 Å². The van der Waals surface area contributed by atoms with Crippen molar-refractivity contribution >= 4 is 0 Å². The van der Waals surface area contributed by atoms with Crippen molar-refractivity contribution in [2.75, 3.05) is 7.05 Å². The van der Waals surface area contributed by atoms with E-state index in [9.17, 15) is 0 Å². The molecule has 0 aliphatic rings. The maximum Gasteiger partial charge on any atom is 0.0644 e. The summed E-state index contributed by atoms with van der Waals surface area (Å²) in [7, 11) is 5.97. The van der Waals surface area contributed by atoms with E-state index in [0.717, 1.165) is 18.5 Å². The van der Waals surface area contributed by atoms with E-state index in [1.54, 1.807) is 0 Å². The molecule has 1 atom stereocenters. The van der Waals surface area contributed by atoms with E-state index in [4.69, 9.17) is 0 Å². The molecular weight excluding hydrogens is 238 g/mol. The lowest BCUT2D eigenvalue weighted by Gasteiger charge is -2.16. The van der Waals surface area contributed by atoms with Gasteiger partial charge in [0.2, 0.25) is 0 Å². The van der Waals surface area contributed by atoms with Gasteiger partial charge in [-0.25, -0.2) is 0 Å². The SMILES string of the molecule is CNC(CCc1cnn(C)c1)c1c(C)nn(C)c1C. The van der Waals surface area contributed by atoms with E-state index in [-0.39, 0.29) is 0 Å². The number of nitrogens with one attached hydrogen (secondary N) is 1. The van der Waals surface area contributed by atoms with Gasteiger partial charge in [-0.2, -0.15) is 10.2 Å². The molecule has 0 saturated heterocycles. The van der Waals surface area contributed by atoms with Gasteiger partial charge in [0.25, 0.3) is 0 Å². The van der Waals surface area contributed by atoms with Crippen LogP contribution in [-0.4, -0.2) is 26.6 Å². The predicted molar refractivity (Wildman–Crippen MR) is 76.0 cm³/mol. The summed E-state index contributed by atoms with van der Waals surface area (Å²) in [6, 6.07) is 0.342. The minimum Gasteiger partial charge on any atom is -0.313 e. The Kier molecular flexibility index (Phi) is 4.04. The van der Waals surface area contributed by atoms with E-state index in [0.29, 0.717) is 6.04 Å². The highest BCUT2D eigenvalue weighted by molar-refractivity contribution is 5.28. The fraction of sp³-hybridized carbons (Fsp3) is 0.571. The van der Waals surface area contributed by atoms with Crippen LogP contribution in [0.3, 0.4) is 0 Å². The quantitative estimate of drug-likeness (QED) is 0.890. The molecule has 2 rings (SSSR count). The highest BCUT2D eigenvalue weighted by Crippen LogP contribution is 2.24. The fourth-order valence-electron chi connectivity index (χ4n) is 2.64. The molecule has 1 unspecified atom stereocenters. The van der Waals surface area contributed by atoms with Crippen molar-refractivity contribution in [3.63, 3.8) is 0 Å². The van der Waals surface area contributed by atoms with E-state index in [2.05, 4.69) is 35.6 Å². The lowest BCUT2D eigenvalue weighted by atomic mass is 9.98. The van der Waals surface area contributed by atoms with E-state index < -0.39 is 0 Å². The molecule has 104 valence electrons. The van der Waals surface area contributed by atoms with Gasteiger partial charge >= 0.3 is 0 Å². The van der Waals surface area contributed by atoms with Crippen LogP contribution in [0.2, 0.25) is 0 Å². The lowest BCUT2D eigenvalue weighted by molar-refractivity contribution is 0.543. The summed E-state index contributed by atoms with van der Waals surface area (Å²) < 4.78 is 3.81. The molecule has 0 radical (unpaired) electrons. The molecule has 0 bridgehead atoms. The van der Waals surface area contributed by atoms with E-state index in [1.165, 1.54) is 16.8 Å². The number of aryl methyl sites for hydroxylation is 4. The zero-order valence-corrected chi connectivity index (χ0v) is 12.4. The number of aromatic nitrogens is 4. The Morgan fingerprint density at radius 3 is 2.53 bits per heavy atom. The second-order valence-corrected chi connectivity index (χ2v) is 5.11. The smallest absolute Gasteiger partial charge is 0.0644 e. The fourth-order valence-corrected chi connectivity index (χ4v) is 2.64. The molecule has 0 saturated carbocycles. The summed E-state index contributed by atoms with van der Waals surface area (Å²) in [4.78, 5) is 0.